The molecular formula is C10H23NO. The average molecular weight is 173 g/mol. The van der Waals surface area contributed by atoms with E-state index < -0.39 is 0 Å². The minimum Gasteiger partial charge on any atom is -0.382 e. The highest BCUT2D eigenvalue weighted by atomic mass is 16.5. The second-order valence-electron chi connectivity index (χ2n) is 3.61. The van der Waals surface area contributed by atoms with Crippen molar-refractivity contribution < 1.29 is 4.74 Å². The molecule has 74 valence electrons. The number of ether oxygens (including phenoxy) is 1. The summed E-state index contributed by atoms with van der Waals surface area (Å²) in [6.07, 6.45) is 1.51. The molecule has 12 heavy (non-hydrogen) atoms. The fraction of sp³-hybridized carbons (Fsp3) is 1.00. The molecule has 0 amide bonds. The van der Waals surface area contributed by atoms with Gasteiger partial charge in [-0.05, 0) is 32.7 Å². The molecule has 0 aromatic carbocycles. The Kier molecular flexibility index (Phi) is 6.39. The summed E-state index contributed by atoms with van der Waals surface area (Å²) in [6, 6.07) is 0.590. The zero-order chi connectivity index (χ0) is 9.56. The van der Waals surface area contributed by atoms with Crippen LogP contribution in [0.15, 0.2) is 0 Å². The van der Waals surface area contributed by atoms with E-state index in [4.69, 9.17) is 4.74 Å². The molecule has 0 aliphatic rings. The molecule has 0 saturated heterocycles. The largest absolute Gasteiger partial charge is 0.382 e. The van der Waals surface area contributed by atoms with Gasteiger partial charge < -0.3 is 10.1 Å². The van der Waals surface area contributed by atoms with E-state index in [-0.39, 0.29) is 0 Å². The van der Waals surface area contributed by atoms with Gasteiger partial charge in [-0.15, -0.1) is 0 Å². The van der Waals surface area contributed by atoms with E-state index in [1.54, 1.807) is 7.11 Å². The Bertz CT molecular complexity index is 106. The molecule has 0 aliphatic heterocycles. The van der Waals surface area contributed by atoms with E-state index >= 15 is 0 Å². The lowest BCUT2D eigenvalue weighted by atomic mass is 9.97. The normalized spacial score (nSPS) is 18.8. The summed E-state index contributed by atoms with van der Waals surface area (Å²) in [5.74, 6) is 0.680. The van der Waals surface area contributed by atoms with Crippen molar-refractivity contribution in [2.24, 2.45) is 5.92 Å². The molecule has 0 aromatic heterocycles. The van der Waals surface area contributed by atoms with Crippen LogP contribution in [0.4, 0.5) is 0 Å². The van der Waals surface area contributed by atoms with Crippen molar-refractivity contribution in [3.8, 4) is 0 Å². The Morgan fingerprint density at radius 2 is 1.83 bits per heavy atom. The van der Waals surface area contributed by atoms with Crippen molar-refractivity contribution in [1.82, 2.24) is 5.32 Å². The van der Waals surface area contributed by atoms with Gasteiger partial charge in [0, 0.05) is 13.2 Å². The van der Waals surface area contributed by atoms with Crippen molar-refractivity contribution >= 4 is 0 Å². The lowest BCUT2D eigenvalue weighted by Crippen LogP contribution is -2.33. The Morgan fingerprint density at radius 3 is 2.25 bits per heavy atom. The van der Waals surface area contributed by atoms with E-state index in [1.807, 2.05) is 0 Å². The standard InChI is InChI=1S/C10H23NO/c1-6-11-10(4)8(2)7-9(3)12-5/h8-11H,6-7H2,1-5H3. The highest BCUT2D eigenvalue weighted by molar-refractivity contribution is 4.69. The summed E-state index contributed by atoms with van der Waals surface area (Å²) >= 11 is 0. The zero-order valence-corrected chi connectivity index (χ0v) is 9.05. The van der Waals surface area contributed by atoms with Crippen LogP contribution < -0.4 is 5.32 Å². The first-order valence-electron chi connectivity index (χ1n) is 4.88. The van der Waals surface area contributed by atoms with Gasteiger partial charge in [-0.25, -0.2) is 0 Å². The first-order chi connectivity index (χ1) is 5.61. The second-order valence-corrected chi connectivity index (χ2v) is 3.61. The molecule has 0 saturated carbocycles. The third-order valence-electron chi connectivity index (χ3n) is 2.49. The maximum Gasteiger partial charge on any atom is 0.0546 e. The number of methoxy groups -OCH3 is 1. The molecule has 0 bridgehead atoms. The van der Waals surface area contributed by atoms with Gasteiger partial charge in [0.1, 0.15) is 0 Å². The summed E-state index contributed by atoms with van der Waals surface area (Å²) in [7, 11) is 1.77. The molecule has 0 radical (unpaired) electrons. The van der Waals surface area contributed by atoms with Crippen LogP contribution in [0.2, 0.25) is 0 Å². The average Bonchev–Trinajstić information content (AvgIpc) is 2.04. The molecule has 0 rings (SSSR count). The predicted molar refractivity (Wildman–Crippen MR) is 53.4 cm³/mol. The van der Waals surface area contributed by atoms with Crippen molar-refractivity contribution in [1.29, 1.82) is 0 Å². The van der Waals surface area contributed by atoms with E-state index in [0.717, 1.165) is 13.0 Å². The first kappa shape index (κ1) is 11.9. The molecule has 0 spiro atoms. The van der Waals surface area contributed by atoms with Crippen LogP contribution in [0.25, 0.3) is 0 Å². The third kappa shape index (κ3) is 4.73. The smallest absolute Gasteiger partial charge is 0.0546 e. The summed E-state index contributed by atoms with van der Waals surface area (Å²) in [5.41, 5.74) is 0. The van der Waals surface area contributed by atoms with E-state index in [1.165, 1.54) is 0 Å². The molecule has 0 heterocycles. The van der Waals surface area contributed by atoms with Crippen LogP contribution in [0.5, 0.6) is 0 Å². The molecular weight excluding hydrogens is 150 g/mol. The van der Waals surface area contributed by atoms with Gasteiger partial charge >= 0.3 is 0 Å². The summed E-state index contributed by atoms with van der Waals surface area (Å²) in [4.78, 5) is 0. The molecule has 0 aliphatic carbocycles. The third-order valence-corrected chi connectivity index (χ3v) is 2.49. The zero-order valence-electron chi connectivity index (χ0n) is 9.05. The van der Waals surface area contributed by atoms with Gasteiger partial charge in [0.05, 0.1) is 6.10 Å². The number of hydrogen-bond acceptors (Lipinski definition) is 2. The summed E-state index contributed by atoms with van der Waals surface area (Å²) in [6.45, 7) is 9.81. The van der Waals surface area contributed by atoms with Crippen LogP contribution in [0.1, 0.15) is 34.1 Å². The Balaban J connectivity index is 3.62. The van der Waals surface area contributed by atoms with Gasteiger partial charge in [-0.1, -0.05) is 13.8 Å². The van der Waals surface area contributed by atoms with Crippen LogP contribution in [0.3, 0.4) is 0 Å². The molecule has 0 fully saturated rings. The van der Waals surface area contributed by atoms with Crippen LogP contribution in [-0.2, 0) is 4.74 Å². The fourth-order valence-corrected chi connectivity index (χ4v) is 1.35. The highest BCUT2D eigenvalue weighted by Gasteiger charge is 2.13. The Labute approximate surface area is 76.7 Å². The Morgan fingerprint density at radius 1 is 1.25 bits per heavy atom. The number of nitrogens with one attached hydrogen (secondary N) is 1. The first-order valence-corrected chi connectivity index (χ1v) is 4.88. The monoisotopic (exact) mass is 173 g/mol. The SMILES string of the molecule is CCNC(C)C(C)CC(C)OC. The van der Waals surface area contributed by atoms with Gasteiger partial charge in [0.2, 0.25) is 0 Å². The van der Waals surface area contributed by atoms with E-state index in [0.29, 0.717) is 18.1 Å². The molecule has 1 N–H and O–H groups in total. The highest BCUT2D eigenvalue weighted by Crippen LogP contribution is 2.11. The lowest BCUT2D eigenvalue weighted by Gasteiger charge is -2.23. The summed E-state index contributed by atoms with van der Waals surface area (Å²) in [5, 5.41) is 3.42. The summed E-state index contributed by atoms with van der Waals surface area (Å²) < 4.78 is 5.22. The van der Waals surface area contributed by atoms with Gasteiger partial charge in [0.25, 0.3) is 0 Å². The second kappa shape index (κ2) is 6.44. The van der Waals surface area contributed by atoms with Gasteiger partial charge in [-0.3, -0.25) is 0 Å². The maximum atomic E-state index is 5.22. The molecule has 3 unspecified atom stereocenters. The van der Waals surface area contributed by atoms with Crippen LogP contribution in [0, 0.1) is 5.92 Å². The molecule has 2 heteroatoms. The van der Waals surface area contributed by atoms with Crippen molar-refractivity contribution in [2.75, 3.05) is 13.7 Å². The number of hydrogen-bond donors (Lipinski definition) is 1. The lowest BCUT2D eigenvalue weighted by molar-refractivity contribution is 0.0921. The van der Waals surface area contributed by atoms with Gasteiger partial charge in [0.15, 0.2) is 0 Å². The quantitative estimate of drug-likeness (QED) is 0.663. The predicted octanol–water partition coefficient (Wildman–Crippen LogP) is 2.05. The fourth-order valence-electron chi connectivity index (χ4n) is 1.35. The minimum absolute atomic E-state index is 0.376. The Hall–Kier alpha value is -0.0800. The van der Waals surface area contributed by atoms with Crippen LogP contribution >= 0.6 is 0 Å². The van der Waals surface area contributed by atoms with Crippen molar-refractivity contribution in [2.45, 2.75) is 46.3 Å². The molecule has 0 aromatic rings. The minimum atomic E-state index is 0.376. The molecule has 3 atom stereocenters. The topological polar surface area (TPSA) is 21.3 Å². The van der Waals surface area contributed by atoms with Crippen LogP contribution in [-0.4, -0.2) is 25.8 Å². The van der Waals surface area contributed by atoms with Crippen molar-refractivity contribution in [3.05, 3.63) is 0 Å². The maximum absolute atomic E-state index is 5.22. The molecule has 2 nitrogen and oxygen atoms in total. The van der Waals surface area contributed by atoms with E-state index in [9.17, 15) is 0 Å². The van der Waals surface area contributed by atoms with E-state index in [2.05, 4.69) is 33.0 Å². The number of rotatable bonds is 6. The van der Waals surface area contributed by atoms with Gasteiger partial charge in [-0.2, -0.15) is 0 Å². The van der Waals surface area contributed by atoms with Crippen molar-refractivity contribution in [3.63, 3.8) is 0 Å².